The van der Waals surface area contributed by atoms with E-state index in [-0.39, 0.29) is 38.3 Å². The van der Waals surface area contributed by atoms with Crippen LogP contribution in [-0.2, 0) is 46.7 Å². The normalized spacial score (nSPS) is 22.9. The number of carbonyl (C=O) groups is 3. The van der Waals surface area contributed by atoms with Crippen LogP contribution >= 0.6 is 7.82 Å². The zero-order chi connectivity index (χ0) is 24.4. The Hall–Kier alpha value is -1.32. The molecule has 0 aliphatic carbocycles. The molecule has 1 saturated heterocycles. The first-order chi connectivity index (χ1) is 14.8. The number of rotatable bonds is 13. The maximum atomic E-state index is 12.7. The summed E-state index contributed by atoms with van der Waals surface area (Å²) in [6.45, 7) is 11.1. The Bertz CT molecular complexity index is 683. The summed E-state index contributed by atoms with van der Waals surface area (Å²) in [5, 5.41) is 0. The Kier molecular flexibility index (Phi) is 11.5. The standard InChI is InChI=1S/C21H37O10P/c1-7-26-12-9-13-27-17(23)11-8-10-16(22)18-21(5,6)14-29-32(25,31-18)30-15-28-19(24)20(2,3)4/h18H,7-15H2,1-6H3/t18-,32+/m0/s1. The first-order valence-electron chi connectivity index (χ1n) is 10.8. The van der Waals surface area contributed by atoms with Crippen LogP contribution in [0.25, 0.3) is 0 Å². The average molecular weight is 480 g/mol. The van der Waals surface area contributed by atoms with E-state index >= 15 is 0 Å². The molecule has 10 nitrogen and oxygen atoms in total. The zero-order valence-corrected chi connectivity index (χ0v) is 20.9. The van der Waals surface area contributed by atoms with Gasteiger partial charge in [-0.3, -0.25) is 23.4 Å². The first kappa shape index (κ1) is 28.7. The predicted molar refractivity (Wildman–Crippen MR) is 115 cm³/mol. The molecular weight excluding hydrogens is 443 g/mol. The summed E-state index contributed by atoms with van der Waals surface area (Å²) in [5.74, 6) is -1.26. The number of phosphoric ester groups is 1. The fourth-order valence-corrected chi connectivity index (χ4v) is 4.18. The molecule has 1 rings (SSSR count). The summed E-state index contributed by atoms with van der Waals surface area (Å²) in [7, 11) is -4.09. The molecule has 0 aromatic rings. The van der Waals surface area contributed by atoms with Crippen LogP contribution < -0.4 is 0 Å². The van der Waals surface area contributed by atoms with Gasteiger partial charge in [0, 0.05) is 37.9 Å². The van der Waals surface area contributed by atoms with Crippen molar-refractivity contribution in [1.29, 1.82) is 0 Å². The van der Waals surface area contributed by atoms with Crippen molar-refractivity contribution < 1.29 is 46.7 Å². The second kappa shape index (κ2) is 12.8. The third kappa shape index (κ3) is 10.1. The quantitative estimate of drug-likeness (QED) is 0.166. The van der Waals surface area contributed by atoms with Gasteiger partial charge >= 0.3 is 19.8 Å². The van der Waals surface area contributed by atoms with E-state index in [4.69, 9.17) is 27.8 Å². The Morgan fingerprint density at radius 3 is 2.38 bits per heavy atom. The monoisotopic (exact) mass is 480 g/mol. The molecule has 0 radical (unpaired) electrons. The second-order valence-corrected chi connectivity index (χ2v) is 10.8. The highest BCUT2D eigenvalue weighted by Gasteiger charge is 2.48. The molecule has 1 aliphatic heterocycles. The van der Waals surface area contributed by atoms with Crippen LogP contribution in [0.15, 0.2) is 0 Å². The van der Waals surface area contributed by atoms with Crippen molar-refractivity contribution in [3.8, 4) is 0 Å². The van der Waals surface area contributed by atoms with Crippen LogP contribution in [0, 0.1) is 10.8 Å². The van der Waals surface area contributed by atoms with Crippen molar-refractivity contribution in [3.05, 3.63) is 0 Å². The molecule has 11 heteroatoms. The zero-order valence-electron chi connectivity index (χ0n) is 20.0. The fourth-order valence-electron chi connectivity index (χ4n) is 2.65. The summed E-state index contributed by atoms with van der Waals surface area (Å²) >= 11 is 0. The van der Waals surface area contributed by atoms with Gasteiger partial charge < -0.3 is 14.2 Å². The van der Waals surface area contributed by atoms with E-state index in [9.17, 15) is 18.9 Å². The number of carbonyl (C=O) groups excluding carboxylic acids is 3. The van der Waals surface area contributed by atoms with Crippen LogP contribution in [0.1, 0.15) is 67.2 Å². The molecule has 1 heterocycles. The summed E-state index contributed by atoms with van der Waals surface area (Å²) in [5.41, 5.74) is -1.51. The minimum Gasteiger partial charge on any atom is -0.466 e. The predicted octanol–water partition coefficient (Wildman–Crippen LogP) is 3.81. The number of ether oxygens (including phenoxy) is 3. The maximum Gasteiger partial charge on any atom is 0.478 e. The number of hydrogen-bond donors (Lipinski definition) is 0. The first-order valence-corrected chi connectivity index (χ1v) is 12.3. The molecule has 0 amide bonds. The van der Waals surface area contributed by atoms with Gasteiger partial charge in [0.05, 0.1) is 18.6 Å². The van der Waals surface area contributed by atoms with Gasteiger partial charge in [-0.25, -0.2) is 9.09 Å². The molecule has 0 bridgehead atoms. The molecule has 0 saturated carbocycles. The third-order valence-electron chi connectivity index (χ3n) is 4.55. The van der Waals surface area contributed by atoms with Crippen molar-refractivity contribution in [2.24, 2.45) is 10.8 Å². The number of phosphoric acid groups is 1. The number of ketones is 1. The van der Waals surface area contributed by atoms with Gasteiger partial charge in [-0.15, -0.1) is 0 Å². The highest BCUT2D eigenvalue weighted by atomic mass is 31.2. The Morgan fingerprint density at radius 1 is 1.06 bits per heavy atom. The smallest absolute Gasteiger partial charge is 0.466 e. The van der Waals surface area contributed by atoms with E-state index in [0.29, 0.717) is 19.6 Å². The van der Waals surface area contributed by atoms with Gasteiger partial charge in [-0.05, 0) is 34.1 Å². The lowest BCUT2D eigenvalue weighted by atomic mass is 9.84. The fraction of sp³-hybridized carbons (Fsp3) is 0.857. The molecule has 0 aromatic carbocycles. The summed E-state index contributed by atoms with van der Waals surface area (Å²) < 4.78 is 43.6. The van der Waals surface area contributed by atoms with E-state index in [2.05, 4.69) is 0 Å². The Morgan fingerprint density at radius 2 is 1.75 bits per heavy atom. The van der Waals surface area contributed by atoms with E-state index in [1.165, 1.54) is 0 Å². The third-order valence-corrected chi connectivity index (χ3v) is 5.88. The molecule has 2 atom stereocenters. The molecule has 0 unspecified atom stereocenters. The second-order valence-electron chi connectivity index (χ2n) is 9.21. The van der Waals surface area contributed by atoms with Crippen molar-refractivity contribution in [3.63, 3.8) is 0 Å². The summed E-state index contributed by atoms with van der Waals surface area (Å²) in [6, 6.07) is 0. The van der Waals surface area contributed by atoms with E-state index < -0.39 is 43.5 Å². The molecule has 1 aliphatic rings. The van der Waals surface area contributed by atoms with Gasteiger partial charge in [-0.1, -0.05) is 13.8 Å². The molecule has 0 aromatic heterocycles. The average Bonchev–Trinajstić information content (AvgIpc) is 2.69. The van der Waals surface area contributed by atoms with E-state index in [1.807, 2.05) is 6.92 Å². The Labute approximate surface area is 190 Å². The number of Topliss-reactive ketones (excluding diaryl/α,β-unsaturated/α-hetero) is 1. The van der Waals surface area contributed by atoms with E-state index in [1.54, 1.807) is 34.6 Å². The van der Waals surface area contributed by atoms with Gasteiger partial charge in [0.15, 0.2) is 5.78 Å². The number of esters is 2. The van der Waals surface area contributed by atoms with Crippen LogP contribution in [0.3, 0.4) is 0 Å². The van der Waals surface area contributed by atoms with E-state index in [0.717, 1.165) is 0 Å². The molecule has 186 valence electrons. The van der Waals surface area contributed by atoms with Gasteiger partial charge in [0.2, 0.25) is 6.79 Å². The van der Waals surface area contributed by atoms with Crippen molar-refractivity contribution >= 4 is 25.5 Å². The largest absolute Gasteiger partial charge is 0.478 e. The van der Waals surface area contributed by atoms with Gasteiger partial charge in [0.25, 0.3) is 0 Å². The SMILES string of the molecule is CCOCCCOC(=O)CCCC(=O)[C@@H]1O[P@@](=O)(OCOC(=O)C(C)(C)C)OCC1(C)C. The topological polar surface area (TPSA) is 124 Å². The molecular formula is C21H37O10P. The maximum absolute atomic E-state index is 12.7. The minimum atomic E-state index is -4.09. The summed E-state index contributed by atoms with van der Waals surface area (Å²) in [4.78, 5) is 36.3. The van der Waals surface area contributed by atoms with Crippen molar-refractivity contribution in [1.82, 2.24) is 0 Å². The summed E-state index contributed by atoms with van der Waals surface area (Å²) in [6.07, 6.45) is -0.0399. The van der Waals surface area contributed by atoms with Crippen LogP contribution in [0.2, 0.25) is 0 Å². The van der Waals surface area contributed by atoms with Crippen molar-refractivity contribution in [2.45, 2.75) is 73.3 Å². The molecule has 1 fully saturated rings. The van der Waals surface area contributed by atoms with Crippen LogP contribution in [0.5, 0.6) is 0 Å². The lowest BCUT2D eigenvalue weighted by Crippen LogP contribution is -2.45. The molecule has 32 heavy (non-hydrogen) atoms. The lowest BCUT2D eigenvalue weighted by molar-refractivity contribution is -0.163. The number of hydrogen-bond acceptors (Lipinski definition) is 10. The molecule has 0 N–H and O–H groups in total. The highest BCUT2D eigenvalue weighted by Crippen LogP contribution is 2.57. The van der Waals surface area contributed by atoms with Crippen LogP contribution in [0.4, 0.5) is 0 Å². The highest BCUT2D eigenvalue weighted by molar-refractivity contribution is 7.48. The minimum absolute atomic E-state index is 0.0428. The lowest BCUT2D eigenvalue weighted by Gasteiger charge is -2.39. The molecule has 0 spiro atoms. The Balaban J connectivity index is 2.49. The van der Waals surface area contributed by atoms with Crippen LogP contribution in [-0.4, -0.2) is 57.0 Å². The van der Waals surface area contributed by atoms with Crippen molar-refractivity contribution in [2.75, 3.05) is 33.2 Å². The van der Waals surface area contributed by atoms with Gasteiger partial charge in [-0.2, -0.15) is 0 Å². The van der Waals surface area contributed by atoms with Gasteiger partial charge in [0.1, 0.15) is 6.10 Å².